The second-order valence-electron chi connectivity index (χ2n) is 6.69. The van der Waals surface area contributed by atoms with Crippen LogP contribution in [-0.2, 0) is 14.8 Å². The number of Topliss-reactive ketones (excluding diaryl/α,β-unsaturated/α-hetero) is 1. The molecule has 1 amide bonds. The number of carbonyl (C=O) groups excluding carboxylic acids is 2. The normalized spacial score (nSPS) is 19.6. The molecule has 7 nitrogen and oxygen atoms in total. The Morgan fingerprint density at radius 1 is 1.00 bits per heavy atom. The summed E-state index contributed by atoms with van der Waals surface area (Å²) in [6, 6.07) is 7.51. The quantitative estimate of drug-likeness (QED) is 0.723. The first kappa shape index (κ1) is 17.9. The second kappa shape index (κ2) is 6.76. The van der Waals surface area contributed by atoms with Crippen molar-refractivity contribution in [3.63, 3.8) is 0 Å². The summed E-state index contributed by atoms with van der Waals surface area (Å²) in [6.45, 7) is 4.85. The highest BCUT2D eigenvalue weighted by Crippen LogP contribution is 2.23. The van der Waals surface area contributed by atoms with E-state index in [0.717, 1.165) is 18.8 Å². The van der Waals surface area contributed by atoms with E-state index in [-0.39, 0.29) is 17.6 Å². The maximum Gasteiger partial charge on any atom is 0.228 e. The molecule has 2 heterocycles. The topological polar surface area (TPSA) is 78.0 Å². The molecule has 2 saturated heterocycles. The van der Waals surface area contributed by atoms with Crippen molar-refractivity contribution >= 4 is 27.4 Å². The number of benzene rings is 1. The molecule has 25 heavy (non-hydrogen) atoms. The van der Waals surface area contributed by atoms with Crippen molar-refractivity contribution in [2.45, 2.75) is 6.92 Å². The zero-order valence-corrected chi connectivity index (χ0v) is 15.3. The lowest BCUT2D eigenvalue weighted by atomic mass is 10.0. The van der Waals surface area contributed by atoms with Crippen LogP contribution in [0.2, 0.25) is 0 Å². The van der Waals surface area contributed by atoms with E-state index in [0.29, 0.717) is 31.7 Å². The van der Waals surface area contributed by atoms with Gasteiger partial charge in [0.2, 0.25) is 15.9 Å². The standard InChI is InChI=1S/C17H23N3O4S/c1-13(21)14-3-5-16(6-4-14)18-7-9-19(10-8-18)17(22)15-11-20(12-15)25(2,23)24/h3-6,15H,7-12H2,1-2H3. The molecule has 2 fully saturated rings. The number of rotatable bonds is 4. The van der Waals surface area contributed by atoms with Crippen molar-refractivity contribution in [2.75, 3.05) is 50.4 Å². The molecule has 1 aromatic carbocycles. The molecule has 0 N–H and O–H groups in total. The number of carbonyl (C=O) groups is 2. The minimum atomic E-state index is -3.19. The molecule has 0 unspecified atom stereocenters. The van der Waals surface area contributed by atoms with E-state index < -0.39 is 10.0 Å². The number of piperazine rings is 1. The number of hydrogen-bond acceptors (Lipinski definition) is 5. The number of nitrogens with zero attached hydrogens (tertiary/aromatic N) is 3. The Kier molecular flexibility index (Phi) is 4.83. The lowest BCUT2D eigenvalue weighted by Gasteiger charge is -2.42. The molecule has 0 atom stereocenters. The summed E-state index contributed by atoms with van der Waals surface area (Å²) in [7, 11) is -3.19. The fourth-order valence-electron chi connectivity index (χ4n) is 3.22. The molecule has 0 radical (unpaired) electrons. The van der Waals surface area contributed by atoms with Gasteiger partial charge in [-0.3, -0.25) is 9.59 Å². The maximum absolute atomic E-state index is 12.5. The van der Waals surface area contributed by atoms with E-state index in [1.54, 1.807) is 6.92 Å². The van der Waals surface area contributed by atoms with Crippen molar-refractivity contribution in [3.05, 3.63) is 29.8 Å². The van der Waals surface area contributed by atoms with Crippen molar-refractivity contribution in [2.24, 2.45) is 5.92 Å². The largest absolute Gasteiger partial charge is 0.368 e. The maximum atomic E-state index is 12.5. The number of anilines is 1. The minimum absolute atomic E-state index is 0.0469. The van der Waals surface area contributed by atoms with Crippen LogP contribution in [0.25, 0.3) is 0 Å². The highest BCUT2D eigenvalue weighted by Gasteiger charge is 2.40. The highest BCUT2D eigenvalue weighted by molar-refractivity contribution is 7.88. The predicted octanol–water partition coefficient (Wildman–Crippen LogP) is 0.429. The fraction of sp³-hybridized carbons (Fsp3) is 0.529. The molecule has 3 rings (SSSR count). The smallest absolute Gasteiger partial charge is 0.228 e. The van der Waals surface area contributed by atoms with Gasteiger partial charge in [-0.2, -0.15) is 0 Å². The van der Waals surface area contributed by atoms with Crippen LogP contribution in [-0.4, -0.2) is 74.8 Å². The van der Waals surface area contributed by atoms with Gasteiger partial charge in [0.25, 0.3) is 0 Å². The number of ketones is 1. The third-order valence-corrected chi connectivity index (χ3v) is 6.13. The molecular formula is C17H23N3O4S. The van der Waals surface area contributed by atoms with Gasteiger partial charge < -0.3 is 9.80 Å². The Balaban J connectivity index is 1.52. The lowest BCUT2D eigenvalue weighted by molar-refractivity contribution is -0.139. The molecule has 0 aromatic heterocycles. The summed E-state index contributed by atoms with van der Waals surface area (Å²) < 4.78 is 24.1. The summed E-state index contributed by atoms with van der Waals surface area (Å²) in [5.74, 6) is -0.117. The summed E-state index contributed by atoms with van der Waals surface area (Å²) in [5, 5.41) is 0. The van der Waals surface area contributed by atoms with Crippen LogP contribution in [0.5, 0.6) is 0 Å². The number of amides is 1. The van der Waals surface area contributed by atoms with Gasteiger partial charge in [0.1, 0.15) is 0 Å². The molecule has 2 aliphatic heterocycles. The van der Waals surface area contributed by atoms with E-state index in [1.807, 2.05) is 29.2 Å². The molecular weight excluding hydrogens is 342 g/mol. The monoisotopic (exact) mass is 365 g/mol. The molecule has 1 aromatic rings. The van der Waals surface area contributed by atoms with Crippen LogP contribution < -0.4 is 4.90 Å². The van der Waals surface area contributed by atoms with Crippen LogP contribution >= 0.6 is 0 Å². The van der Waals surface area contributed by atoms with Crippen LogP contribution in [0.15, 0.2) is 24.3 Å². The Bertz CT molecular complexity index is 762. The molecule has 0 saturated carbocycles. The first-order chi connectivity index (χ1) is 11.8. The first-order valence-electron chi connectivity index (χ1n) is 8.35. The molecule has 0 bridgehead atoms. The van der Waals surface area contributed by atoms with Gasteiger partial charge in [0.15, 0.2) is 5.78 Å². The third kappa shape index (κ3) is 3.85. The van der Waals surface area contributed by atoms with E-state index in [2.05, 4.69) is 4.90 Å². The first-order valence-corrected chi connectivity index (χ1v) is 10.2. The van der Waals surface area contributed by atoms with Crippen molar-refractivity contribution in [1.29, 1.82) is 0 Å². The average molecular weight is 365 g/mol. The highest BCUT2D eigenvalue weighted by atomic mass is 32.2. The van der Waals surface area contributed by atoms with Crippen LogP contribution in [0, 0.1) is 5.92 Å². The Morgan fingerprint density at radius 3 is 2.04 bits per heavy atom. The SMILES string of the molecule is CC(=O)c1ccc(N2CCN(C(=O)C3CN(S(C)(=O)=O)C3)CC2)cc1. The Labute approximate surface area is 148 Å². The third-order valence-electron chi connectivity index (χ3n) is 4.90. The second-order valence-corrected chi connectivity index (χ2v) is 8.67. The van der Waals surface area contributed by atoms with E-state index >= 15 is 0 Å². The number of sulfonamides is 1. The zero-order valence-electron chi connectivity index (χ0n) is 14.5. The molecule has 2 aliphatic rings. The van der Waals surface area contributed by atoms with Crippen LogP contribution in [0.1, 0.15) is 17.3 Å². The summed E-state index contributed by atoms with van der Waals surface area (Å²) in [6.07, 6.45) is 1.17. The Morgan fingerprint density at radius 2 is 1.56 bits per heavy atom. The van der Waals surface area contributed by atoms with E-state index in [1.165, 1.54) is 10.6 Å². The molecule has 8 heteroatoms. The predicted molar refractivity (Wildman–Crippen MR) is 95.1 cm³/mol. The van der Waals surface area contributed by atoms with Crippen molar-refractivity contribution in [1.82, 2.24) is 9.21 Å². The average Bonchev–Trinajstić information content (AvgIpc) is 2.52. The van der Waals surface area contributed by atoms with Gasteiger partial charge in [-0.25, -0.2) is 12.7 Å². The van der Waals surface area contributed by atoms with Gasteiger partial charge in [-0.05, 0) is 31.2 Å². The minimum Gasteiger partial charge on any atom is -0.368 e. The van der Waals surface area contributed by atoms with Gasteiger partial charge in [0, 0.05) is 50.5 Å². The lowest BCUT2D eigenvalue weighted by Crippen LogP contribution is -2.58. The van der Waals surface area contributed by atoms with Crippen molar-refractivity contribution < 1.29 is 18.0 Å². The summed E-state index contributed by atoms with van der Waals surface area (Å²) in [5.41, 5.74) is 1.74. The van der Waals surface area contributed by atoms with Crippen LogP contribution in [0.3, 0.4) is 0 Å². The van der Waals surface area contributed by atoms with E-state index in [4.69, 9.17) is 0 Å². The van der Waals surface area contributed by atoms with Gasteiger partial charge >= 0.3 is 0 Å². The summed E-state index contributed by atoms with van der Waals surface area (Å²) >= 11 is 0. The number of hydrogen-bond donors (Lipinski definition) is 0. The zero-order chi connectivity index (χ0) is 18.2. The van der Waals surface area contributed by atoms with Gasteiger partial charge in [0.05, 0.1) is 12.2 Å². The van der Waals surface area contributed by atoms with E-state index in [9.17, 15) is 18.0 Å². The molecule has 136 valence electrons. The summed E-state index contributed by atoms with van der Waals surface area (Å²) in [4.78, 5) is 27.8. The van der Waals surface area contributed by atoms with Gasteiger partial charge in [-0.15, -0.1) is 0 Å². The van der Waals surface area contributed by atoms with Crippen molar-refractivity contribution in [3.8, 4) is 0 Å². The Hall–Kier alpha value is -1.93. The molecule has 0 spiro atoms. The van der Waals surface area contributed by atoms with Crippen LogP contribution in [0.4, 0.5) is 5.69 Å². The van der Waals surface area contributed by atoms with Gasteiger partial charge in [-0.1, -0.05) is 0 Å². The molecule has 0 aliphatic carbocycles. The fourth-order valence-corrected chi connectivity index (χ4v) is 4.12.